The number of piperidine rings is 1. The molecule has 2 atom stereocenters. The van der Waals surface area contributed by atoms with Crippen molar-refractivity contribution in [3.05, 3.63) is 66.1 Å². The van der Waals surface area contributed by atoms with Gasteiger partial charge in [0.1, 0.15) is 17.9 Å². The molecule has 2 heterocycles. The summed E-state index contributed by atoms with van der Waals surface area (Å²) in [5.74, 6) is -0.338. The fraction of sp³-hybridized carbons (Fsp3) is 0.414. The molecule has 0 saturated carbocycles. The van der Waals surface area contributed by atoms with Crippen LogP contribution >= 0.6 is 0 Å². The van der Waals surface area contributed by atoms with Crippen molar-refractivity contribution in [2.24, 2.45) is 7.05 Å². The van der Waals surface area contributed by atoms with Crippen LogP contribution in [0.3, 0.4) is 0 Å². The number of benzene rings is 2. The van der Waals surface area contributed by atoms with E-state index in [-0.39, 0.29) is 11.6 Å². The van der Waals surface area contributed by atoms with E-state index in [2.05, 4.69) is 4.98 Å². The molecule has 0 bridgehead atoms. The van der Waals surface area contributed by atoms with Crippen LogP contribution in [0.2, 0.25) is 0 Å². The van der Waals surface area contributed by atoms with E-state index in [4.69, 9.17) is 24.1 Å². The van der Waals surface area contributed by atoms with Gasteiger partial charge in [-0.3, -0.25) is 4.79 Å². The monoisotopic (exact) mass is 601 g/mol. The van der Waals surface area contributed by atoms with Crippen molar-refractivity contribution in [1.29, 1.82) is 0 Å². The molecule has 226 valence electrons. The number of aliphatic carboxylic acids is 1. The van der Waals surface area contributed by atoms with Crippen LogP contribution in [0.25, 0.3) is 0 Å². The van der Waals surface area contributed by atoms with E-state index in [9.17, 15) is 18.0 Å². The fourth-order valence-corrected chi connectivity index (χ4v) is 6.48. The average Bonchev–Trinajstić information content (AvgIpc) is 3.45. The summed E-state index contributed by atoms with van der Waals surface area (Å²) in [5.41, 5.74) is 1.49. The maximum absolute atomic E-state index is 13.7. The van der Waals surface area contributed by atoms with Gasteiger partial charge in [0.25, 0.3) is 10.0 Å². The first kappa shape index (κ1) is 30.8. The second kappa shape index (κ2) is 13.7. The van der Waals surface area contributed by atoms with Gasteiger partial charge < -0.3 is 28.6 Å². The van der Waals surface area contributed by atoms with Gasteiger partial charge in [0.2, 0.25) is 0 Å². The highest BCUT2D eigenvalue weighted by Crippen LogP contribution is 2.33. The molecule has 0 radical (unpaired) electrons. The first-order valence-electron chi connectivity index (χ1n) is 13.5. The van der Waals surface area contributed by atoms with Gasteiger partial charge in [0, 0.05) is 19.8 Å². The van der Waals surface area contributed by atoms with Gasteiger partial charge in [-0.15, -0.1) is 0 Å². The molecule has 0 unspecified atom stereocenters. The Balaban J connectivity index is 1.60. The molecule has 2 aromatic carbocycles. The zero-order chi connectivity index (χ0) is 30.3. The standard InChI is InChI=1S/C29H35N3O9S/c1-31-17-27(30-19-31)42(36,37)32-14-5-4-9-23(32)29(35)41-24(21-7-6-8-22(16-21)40-18-28(33)34)12-10-20-11-13-25(38-2)26(15-20)39-3/h6-8,11,13,15-17,19,23-24H,4-5,9-10,12,14,18H2,1-3H3,(H,33,34)/t23-,24+/m0/s1. The summed E-state index contributed by atoms with van der Waals surface area (Å²) >= 11 is 0. The predicted octanol–water partition coefficient (Wildman–Crippen LogP) is 3.36. The Bertz CT molecular complexity index is 1510. The minimum atomic E-state index is -4.03. The molecule has 0 aliphatic carbocycles. The van der Waals surface area contributed by atoms with Crippen LogP contribution in [0.1, 0.15) is 42.9 Å². The molecule has 1 N–H and O–H groups in total. The van der Waals surface area contributed by atoms with Crippen LogP contribution in [-0.4, -0.2) is 72.7 Å². The molecule has 0 amide bonds. The van der Waals surface area contributed by atoms with Crippen molar-refractivity contribution in [2.75, 3.05) is 27.4 Å². The number of nitrogens with zero attached hydrogens (tertiary/aromatic N) is 3. The Morgan fingerprint density at radius 1 is 1.10 bits per heavy atom. The molecule has 13 heteroatoms. The van der Waals surface area contributed by atoms with Crippen molar-refractivity contribution in [2.45, 2.75) is 49.3 Å². The summed E-state index contributed by atoms with van der Waals surface area (Å²) in [6.45, 7) is -0.352. The Morgan fingerprint density at radius 3 is 2.57 bits per heavy atom. The molecule has 1 aliphatic rings. The number of carboxylic acid groups (broad SMARTS) is 1. The highest BCUT2D eigenvalue weighted by atomic mass is 32.2. The maximum Gasteiger partial charge on any atom is 0.341 e. The number of carbonyl (C=O) groups excluding carboxylic acids is 1. The van der Waals surface area contributed by atoms with Crippen LogP contribution < -0.4 is 14.2 Å². The van der Waals surface area contributed by atoms with Crippen LogP contribution in [0, 0.1) is 0 Å². The summed E-state index contributed by atoms with van der Waals surface area (Å²) in [4.78, 5) is 28.7. The van der Waals surface area contributed by atoms with Gasteiger partial charge in [-0.2, -0.15) is 4.31 Å². The molecule has 12 nitrogen and oxygen atoms in total. The number of esters is 1. The minimum absolute atomic E-state index is 0.127. The highest BCUT2D eigenvalue weighted by molar-refractivity contribution is 7.89. The van der Waals surface area contributed by atoms with Gasteiger partial charge in [0.15, 0.2) is 23.1 Å². The van der Waals surface area contributed by atoms with Crippen LogP contribution in [-0.2, 0) is 37.8 Å². The summed E-state index contributed by atoms with van der Waals surface area (Å²) in [5, 5.41) is 8.88. The SMILES string of the molecule is COc1ccc(CC[C@@H](OC(=O)[C@@H]2CCCCN2S(=O)(=O)c2cn(C)cn2)c2cccc(OCC(=O)O)c2)cc1OC. The number of hydrogen-bond donors (Lipinski definition) is 1. The van der Waals surface area contributed by atoms with E-state index in [1.807, 2.05) is 12.1 Å². The zero-order valence-corrected chi connectivity index (χ0v) is 24.6. The topological polar surface area (TPSA) is 146 Å². The van der Waals surface area contributed by atoms with E-state index < -0.39 is 40.7 Å². The minimum Gasteiger partial charge on any atom is -0.493 e. The summed E-state index contributed by atoms with van der Waals surface area (Å²) in [7, 11) is 0.739. The lowest BCUT2D eigenvalue weighted by Gasteiger charge is -2.33. The quantitative estimate of drug-likeness (QED) is 0.289. The first-order valence-corrected chi connectivity index (χ1v) is 14.9. The molecular formula is C29H35N3O9S. The Labute approximate surface area is 244 Å². The number of aryl methyl sites for hydroxylation is 2. The molecule has 1 aliphatic heterocycles. The third-order valence-corrected chi connectivity index (χ3v) is 8.77. The fourth-order valence-electron chi connectivity index (χ4n) is 4.87. The summed E-state index contributed by atoms with van der Waals surface area (Å²) in [6.07, 6.45) is 4.46. The smallest absolute Gasteiger partial charge is 0.341 e. The van der Waals surface area contributed by atoms with E-state index in [0.29, 0.717) is 54.9 Å². The van der Waals surface area contributed by atoms with Gasteiger partial charge in [-0.25, -0.2) is 18.2 Å². The number of aromatic nitrogens is 2. The first-order chi connectivity index (χ1) is 20.1. The Morgan fingerprint density at radius 2 is 1.88 bits per heavy atom. The van der Waals surface area contributed by atoms with E-state index in [1.165, 1.54) is 21.4 Å². The molecule has 1 saturated heterocycles. The Kier molecular flexibility index (Phi) is 10.1. The molecular weight excluding hydrogens is 566 g/mol. The highest BCUT2D eigenvalue weighted by Gasteiger charge is 2.40. The van der Waals surface area contributed by atoms with E-state index >= 15 is 0 Å². The van der Waals surface area contributed by atoms with Gasteiger partial charge in [-0.1, -0.05) is 18.2 Å². The second-order valence-corrected chi connectivity index (χ2v) is 11.8. The summed E-state index contributed by atoms with van der Waals surface area (Å²) in [6, 6.07) is 11.2. The number of methoxy groups -OCH3 is 2. The third-order valence-electron chi connectivity index (χ3n) is 6.97. The van der Waals surface area contributed by atoms with E-state index in [0.717, 1.165) is 5.56 Å². The van der Waals surface area contributed by atoms with Crippen molar-refractivity contribution >= 4 is 22.0 Å². The lowest BCUT2D eigenvalue weighted by atomic mass is 10.00. The van der Waals surface area contributed by atoms with Crippen LogP contribution in [0.4, 0.5) is 0 Å². The number of rotatable bonds is 13. The lowest BCUT2D eigenvalue weighted by molar-refractivity contribution is -0.155. The average molecular weight is 602 g/mol. The van der Waals surface area contributed by atoms with Crippen molar-refractivity contribution < 1.29 is 42.1 Å². The number of imidazole rings is 1. The molecule has 1 aromatic heterocycles. The summed E-state index contributed by atoms with van der Waals surface area (Å²) < 4.78 is 51.7. The third kappa shape index (κ3) is 7.39. The predicted molar refractivity (Wildman–Crippen MR) is 151 cm³/mol. The number of carbonyl (C=O) groups is 2. The normalized spacial score (nSPS) is 16.4. The van der Waals surface area contributed by atoms with Gasteiger partial charge >= 0.3 is 11.9 Å². The van der Waals surface area contributed by atoms with Crippen LogP contribution in [0.5, 0.6) is 17.2 Å². The van der Waals surface area contributed by atoms with Crippen LogP contribution in [0.15, 0.2) is 60.0 Å². The molecule has 4 rings (SSSR count). The molecule has 42 heavy (non-hydrogen) atoms. The van der Waals surface area contributed by atoms with Gasteiger partial charge in [0.05, 0.1) is 20.5 Å². The molecule has 3 aromatic rings. The maximum atomic E-state index is 13.7. The second-order valence-electron chi connectivity index (χ2n) is 9.91. The van der Waals surface area contributed by atoms with Crippen molar-refractivity contribution in [3.63, 3.8) is 0 Å². The van der Waals surface area contributed by atoms with E-state index in [1.54, 1.807) is 51.6 Å². The zero-order valence-electron chi connectivity index (χ0n) is 23.8. The Hall–Kier alpha value is -4.10. The lowest BCUT2D eigenvalue weighted by Crippen LogP contribution is -2.48. The molecule has 1 fully saturated rings. The number of hydrogen-bond acceptors (Lipinski definition) is 9. The van der Waals surface area contributed by atoms with Crippen molar-refractivity contribution in [3.8, 4) is 17.2 Å². The van der Waals surface area contributed by atoms with Gasteiger partial charge in [-0.05, 0) is 67.5 Å². The van der Waals surface area contributed by atoms with Crippen molar-refractivity contribution in [1.82, 2.24) is 13.9 Å². The number of ether oxygens (including phenoxy) is 4. The number of carboxylic acids is 1. The molecule has 0 spiro atoms. The largest absolute Gasteiger partial charge is 0.493 e. The number of sulfonamides is 1.